The number of methoxy groups -OCH3 is 1. The Morgan fingerprint density at radius 1 is 1.35 bits per heavy atom. The Kier molecular flexibility index (Phi) is 6.74. The molecule has 1 atom stereocenters. The first kappa shape index (κ1) is 16.7. The van der Waals surface area contributed by atoms with Gasteiger partial charge in [0.25, 0.3) is 0 Å². The third-order valence-electron chi connectivity index (χ3n) is 3.49. The van der Waals surface area contributed by atoms with Crippen LogP contribution in [0, 0.1) is 0 Å². The molecule has 1 fully saturated rings. The standard InChI is InChI=1S/C13H24N2O5/c1-14(7-11(16)9-20-2)13(19)15(8-12(17)18)10-5-3-4-6-10/h10-11,16H,3-9H2,1-2H3,(H,17,18). The number of amides is 2. The van der Waals surface area contributed by atoms with Gasteiger partial charge in [-0.3, -0.25) is 4.79 Å². The van der Waals surface area contributed by atoms with Crippen LogP contribution in [0.25, 0.3) is 0 Å². The highest BCUT2D eigenvalue weighted by Crippen LogP contribution is 2.24. The van der Waals surface area contributed by atoms with Gasteiger partial charge in [-0.1, -0.05) is 12.8 Å². The fourth-order valence-electron chi connectivity index (χ4n) is 2.57. The van der Waals surface area contributed by atoms with Gasteiger partial charge in [0.1, 0.15) is 6.54 Å². The maximum Gasteiger partial charge on any atom is 0.323 e. The van der Waals surface area contributed by atoms with Gasteiger partial charge in [-0.15, -0.1) is 0 Å². The summed E-state index contributed by atoms with van der Waals surface area (Å²) in [6.07, 6.45) is 2.94. The number of aliphatic hydroxyl groups is 1. The van der Waals surface area contributed by atoms with Gasteiger partial charge in [0, 0.05) is 20.2 Å². The molecule has 0 bridgehead atoms. The quantitative estimate of drug-likeness (QED) is 0.706. The van der Waals surface area contributed by atoms with E-state index >= 15 is 0 Å². The van der Waals surface area contributed by atoms with Crippen molar-refractivity contribution in [2.75, 3.05) is 33.9 Å². The molecule has 7 nitrogen and oxygen atoms in total. The van der Waals surface area contributed by atoms with Crippen LogP contribution < -0.4 is 0 Å². The zero-order valence-electron chi connectivity index (χ0n) is 12.1. The van der Waals surface area contributed by atoms with Crippen LogP contribution in [0.5, 0.6) is 0 Å². The molecule has 0 aromatic carbocycles. The number of aliphatic carboxylic acids is 1. The average Bonchev–Trinajstić information content (AvgIpc) is 2.88. The highest BCUT2D eigenvalue weighted by atomic mass is 16.5. The molecular formula is C13H24N2O5. The van der Waals surface area contributed by atoms with Crippen LogP contribution in [0.4, 0.5) is 4.79 Å². The van der Waals surface area contributed by atoms with E-state index in [2.05, 4.69) is 0 Å². The lowest BCUT2D eigenvalue weighted by Gasteiger charge is -2.32. The predicted octanol–water partition coefficient (Wildman–Crippen LogP) is 0.375. The molecule has 0 aliphatic heterocycles. The minimum atomic E-state index is -1.02. The van der Waals surface area contributed by atoms with E-state index in [4.69, 9.17) is 9.84 Å². The molecule has 1 saturated carbocycles. The smallest absolute Gasteiger partial charge is 0.323 e. The number of ether oxygens (including phenoxy) is 1. The minimum absolute atomic E-state index is 0.0133. The van der Waals surface area contributed by atoms with E-state index in [1.54, 1.807) is 7.05 Å². The van der Waals surface area contributed by atoms with Crippen molar-refractivity contribution in [1.82, 2.24) is 9.80 Å². The highest BCUT2D eigenvalue weighted by molar-refractivity contribution is 5.80. The van der Waals surface area contributed by atoms with Gasteiger partial charge in [0.2, 0.25) is 0 Å². The normalized spacial score (nSPS) is 16.9. The molecule has 0 radical (unpaired) electrons. The van der Waals surface area contributed by atoms with E-state index in [0.29, 0.717) is 0 Å². The lowest BCUT2D eigenvalue weighted by molar-refractivity contribution is -0.138. The van der Waals surface area contributed by atoms with Crippen LogP contribution in [-0.4, -0.2) is 78.0 Å². The number of carbonyl (C=O) groups is 2. The van der Waals surface area contributed by atoms with Crippen LogP contribution in [0.3, 0.4) is 0 Å². The lowest BCUT2D eigenvalue weighted by Crippen LogP contribution is -2.50. The van der Waals surface area contributed by atoms with Crippen molar-refractivity contribution >= 4 is 12.0 Å². The molecule has 1 unspecified atom stereocenters. The first-order valence-electron chi connectivity index (χ1n) is 6.86. The molecule has 0 aromatic heterocycles. The summed E-state index contributed by atoms with van der Waals surface area (Å²) in [6, 6.07) is -0.366. The molecule has 1 aliphatic rings. The van der Waals surface area contributed by atoms with E-state index in [-0.39, 0.29) is 31.8 Å². The van der Waals surface area contributed by atoms with Crippen LogP contribution in [0.1, 0.15) is 25.7 Å². The molecule has 1 rings (SSSR count). The van der Waals surface area contributed by atoms with Gasteiger partial charge < -0.3 is 24.7 Å². The number of urea groups is 1. The van der Waals surface area contributed by atoms with Gasteiger partial charge in [0.05, 0.1) is 19.3 Å². The summed E-state index contributed by atoms with van der Waals surface area (Å²) in [4.78, 5) is 26.0. The third kappa shape index (κ3) is 4.97. The largest absolute Gasteiger partial charge is 0.480 e. The molecule has 2 N–H and O–H groups in total. The Morgan fingerprint density at radius 2 is 1.95 bits per heavy atom. The van der Waals surface area contributed by atoms with Crippen molar-refractivity contribution in [2.45, 2.75) is 37.8 Å². The fourth-order valence-corrected chi connectivity index (χ4v) is 2.57. The summed E-state index contributed by atoms with van der Waals surface area (Å²) in [5, 5.41) is 18.6. The summed E-state index contributed by atoms with van der Waals surface area (Å²) >= 11 is 0. The number of carboxylic acid groups (broad SMARTS) is 1. The van der Waals surface area contributed by atoms with E-state index < -0.39 is 12.1 Å². The lowest BCUT2D eigenvalue weighted by atomic mass is 10.2. The Labute approximate surface area is 119 Å². The number of carboxylic acids is 1. The molecule has 7 heteroatoms. The Hall–Kier alpha value is -1.34. The molecule has 1 aliphatic carbocycles. The van der Waals surface area contributed by atoms with E-state index in [9.17, 15) is 14.7 Å². The molecule has 0 spiro atoms. The number of hydrogen-bond donors (Lipinski definition) is 2. The van der Waals surface area contributed by atoms with Crippen molar-refractivity contribution in [3.05, 3.63) is 0 Å². The maximum absolute atomic E-state index is 12.3. The summed E-state index contributed by atoms with van der Waals surface area (Å²) in [5.74, 6) is -1.02. The average molecular weight is 288 g/mol. The summed E-state index contributed by atoms with van der Waals surface area (Å²) in [6.45, 7) is -0.0380. The Morgan fingerprint density at radius 3 is 2.45 bits per heavy atom. The van der Waals surface area contributed by atoms with Crippen molar-refractivity contribution < 1.29 is 24.5 Å². The van der Waals surface area contributed by atoms with Crippen molar-refractivity contribution in [1.29, 1.82) is 0 Å². The van der Waals surface area contributed by atoms with Crippen LogP contribution in [-0.2, 0) is 9.53 Å². The summed E-state index contributed by atoms with van der Waals surface area (Å²) < 4.78 is 4.81. The van der Waals surface area contributed by atoms with Crippen LogP contribution >= 0.6 is 0 Å². The van der Waals surface area contributed by atoms with Crippen molar-refractivity contribution in [3.63, 3.8) is 0 Å². The molecule has 0 heterocycles. The second-order valence-electron chi connectivity index (χ2n) is 5.23. The zero-order valence-corrected chi connectivity index (χ0v) is 12.1. The van der Waals surface area contributed by atoms with Crippen molar-refractivity contribution in [2.24, 2.45) is 0 Å². The number of nitrogens with zero attached hydrogens (tertiary/aromatic N) is 2. The summed E-state index contributed by atoms with van der Waals surface area (Å²) in [7, 11) is 3.03. The number of hydrogen-bond acceptors (Lipinski definition) is 4. The fraction of sp³-hybridized carbons (Fsp3) is 0.846. The van der Waals surface area contributed by atoms with Gasteiger partial charge in [-0.25, -0.2) is 4.79 Å². The molecule has 2 amide bonds. The highest BCUT2D eigenvalue weighted by Gasteiger charge is 2.30. The molecule has 0 aromatic rings. The molecule has 20 heavy (non-hydrogen) atoms. The van der Waals surface area contributed by atoms with Gasteiger partial charge in [0.15, 0.2) is 0 Å². The van der Waals surface area contributed by atoms with E-state index in [0.717, 1.165) is 25.7 Å². The number of aliphatic hydroxyl groups excluding tert-OH is 1. The number of rotatable bonds is 7. The monoisotopic (exact) mass is 288 g/mol. The van der Waals surface area contributed by atoms with Gasteiger partial charge >= 0.3 is 12.0 Å². The van der Waals surface area contributed by atoms with Crippen LogP contribution in [0.15, 0.2) is 0 Å². The first-order valence-corrected chi connectivity index (χ1v) is 6.86. The SMILES string of the molecule is COCC(O)CN(C)C(=O)N(CC(=O)O)C1CCCC1. The second kappa shape index (κ2) is 8.06. The molecule has 0 saturated heterocycles. The van der Waals surface area contributed by atoms with Crippen molar-refractivity contribution in [3.8, 4) is 0 Å². The van der Waals surface area contributed by atoms with Crippen LogP contribution in [0.2, 0.25) is 0 Å². The Balaban J connectivity index is 2.63. The van der Waals surface area contributed by atoms with E-state index in [1.165, 1.54) is 16.9 Å². The molecular weight excluding hydrogens is 264 g/mol. The third-order valence-corrected chi connectivity index (χ3v) is 3.49. The number of carbonyl (C=O) groups excluding carboxylic acids is 1. The molecule has 116 valence electrons. The van der Waals surface area contributed by atoms with E-state index in [1.807, 2.05) is 0 Å². The first-order chi connectivity index (χ1) is 9.45. The Bertz CT molecular complexity index is 331. The van der Waals surface area contributed by atoms with Gasteiger partial charge in [-0.2, -0.15) is 0 Å². The summed E-state index contributed by atoms with van der Waals surface area (Å²) in [5.41, 5.74) is 0. The van der Waals surface area contributed by atoms with Gasteiger partial charge in [-0.05, 0) is 12.8 Å². The predicted molar refractivity (Wildman–Crippen MR) is 72.5 cm³/mol. The number of likely N-dealkylation sites (N-methyl/N-ethyl adjacent to an activating group) is 1. The topological polar surface area (TPSA) is 90.3 Å². The maximum atomic E-state index is 12.3. The minimum Gasteiger partial charge on any atom is -0.480 e. The second-order valence-corrected chi connectivity index (χ2v) is 5.23. The zero-order chi connectivity index (χ0) is 15.1.